The van der Waals surface area contributed by atoms with E-state index in [-0.39, 0.29) is 0 Å². The van der Waals surface area contributed by atoms with Crippen molar-refractivity contribution in [3.8, 4) is 17.6 Å². The second-order valence-corrected chi connectivity index (χ2v) is 5.59. The maximum absolute atomic E-state index is 9.18. The summed E-state index contributed by atoms with van der Waals surface area (Å²) in [6, 6.07) is 16.9. The normalized spacial score (nSPS) is 9.96. The SMILES string of the molecule is COc1ccc(CNc2ccnc(Nc3ccccc3C#N)n2)cc1OC. The van der Waals surface area contributed by atoms with Crippen LogP contribution in [0.2, 0.25) is 0 Å². The molecule has 7 heteroatoms. The Balaban J connectivity index is 1.70. The fourth-order valence-corrected chi connectivity index (χ4v) is 2.51. The molecule has 0 aliphatic carbocycles. The first-order valence-electron chi connectivity index (χ1n) is 8.27. The minimum atomic E-state index is 0.412. The number of hydrogen-bond acceptors (Lipinski definition) is 7. The van der Waals surface area contributed by atoms with E-state index >= 15 is 0 Å². The summed E-state index contributed by atoms with van der Waals surface area (Å²) >= 11 is 0. The van der Waals surface area contributed by atoms with Gasteiger partial charge in [0.1, 0.15) is 11.9 Å². The van der Waals surface area contributed by atoms with Gasteiger partial charge in [-0.1, -0.05) is 18.2 Å². The second-order valence-electron chi connectivity index (χ2n) is 5.59. The highest BCUT2D eigenvalue weighted by atomic mass is 16.5. The Morgan fingerprint density at radius 2 is 1.85 bits per heavy atom. The van der Waals surface area contributed by atoms with Crippen LogP contribution >= 0.6 is 0 Å². The molecule has 0 fully saturated rings. The highest BCUT2D eigenvalue weighted by Gasteiger charge is 2.06. The lowest BCUT2D eigenvalue weighted by Gasteiger charge is -2.11. The molecule has 0 aliphatic heterocycles. The molecule has 1 heterocycles. The molecule has 0 saturated carbocycles. The Morgan fingerprint density at radius 3 is 2.63 bits per heavy atom. The Morgan fingerprint density at radius 1 is 1.04 bits per heavy atom. The van der Waals surface area contributed by atoms with Crippen molar-refractivity contribution in [2.45, 2.75) is 6.54 Å². The summed E-state index contributed by atoms with van der Waals surface area (Å²) in [4.78, 5) is 8.64. The molecule has 0 aliphatic rings. The van der Waals surface area contributed by atoms with E-state index < -0.39 is 0 Å². The zero-order valence-electron chi connectivity index (χ0n) is 15.1. The molecular weight excluding hydrogens is 342 g/mol. The molecule has 1 aromatic heterocycles. The molecule has 0 unspecified atom stereocenters. The van der Waals surface area contributed by atoms with Crippen molar-refractivity contribution >= 4 is 17.5 Å². The Kier molecular flexibility index (Phi) is 5.70. The topological polar surface area (TPSA) is 92.1 Å². The van der Waals surface area contributed by atoms with E-state index in [0.717, 1.165) is 5.56 Å². The molecule has 0 spiro atoms. The summed E-state index contributed by atoms with van der Waals surface area (Å²) in [7, 11) is 3.21. The molecule has 0 amide bonds. The van der Waals surface area contributed by atoms with Gasteiger partial charge in [-0.25, -0.2) is 4.98 Å². The number of nitriles is 1. The molecule has 0 bridgehead atoms. The third-order valence-corrected chi connectivity index (χ3v) is 3.87. The lowest BCUT2D eigenvalue weighted by Crippen LogP contribution is -2.05. The molecule has 0 saturated heterocycles. The summed E-state index contributed by atoms with van der Waals surface area (Å²) in [5.41, 5.74) is 2.22. The van der Waals surface area contributed by atoms with Crippen LogP contribution in [0, 0.1) is 11.3 Å². The summed E-state index contributed by atoms with van der Waals surface area (Å²) < 4.78 is 10.6. The van der Waals surface area contributed by atoms with E-state index in [0.29, 0.717) is 41.1 Å². The number of aromatic nitrogens is 2. The number of anilines is 3. The van der Waals surface area contributed by atoms with Crippen LogP contribution in [-0.2, 0) is 6.54 Å². The Labute approximate surface area is 157 Å². The third-order valence-electron chi connectivity index (χ3n) is 3.87. The van der Waals surface area contributed by atoms with Crippen LogP contribution in [0.15, 0.2) is 54.7 Å². The van der Waals surface area contributed by atoms with Gasteiger partial charge >= 0.3 is 0 Å². The van der Waals surface area contributed by atoms with E-state index in [4.69, 9.17) is 9.47 Å². The Bertz CT molecular complexity index is 969. The zero-order chi connectivity index (χ0) is 19.1. The number of nitrogens with one attached hydrogen (secondary N) is 2. The summed E-state index contributed by atoms with van der Waals surface area (Å²) in [6.45, 7) is 0.561. The van der Waals surface area contributed by atoms with Gasteiger partial charge in [0.05, 0.1) is 25.5 Å². The molecule has 27 heavy (non-hydrogen) atoms. The van der Waals surface area contributed by atoms with Crippen LogP contribution in [0.5, 0.6) is 11.5 Å². The fourth-order valence-electron chi connectivity index (χ4n) is 2.51. The van der Waals surface area contributed by atoms with Crippen LogP contribution in [0.4, 0.5) is 17.5 Å². The van der Waals surface area contributed by atoms with Gasteiger partial charge in [0.2, 0.25) is 5.95 Å². The number of nitrogens with zero attached hydrogens (tertiary/aromatic N) is 3. The first-order valence-corrected chi connectivity index (χ1v) is 8.27. The Hall–Kier alpha value is -3.79. The van der Waals surface area contributed by atoms with E-state index in [9.17, 15) is 5.26 Å². The van der Waals surface area contributed by atoms with Gasteiger partial charge in [-0.2, -0.15) is 10.2 Å². The van der Waals surface area contributed by atoms with Crippen molar-refractivity contribution in [1.82, 2.24) is 9.97 Å². The first kappa shape index (κ1) is 18.0. The standard InChI is InChI=1S/C20H19N5O2/c1-26-17-8-7-14(11-18(17)27-2)13-23-19-9-10-22-20(25-19)24-16-6-4-3-5-15(16)12-21/h3-11H,13H2,1-2H3,(H2,22,23,24,25). The smallest absolute Gasteiger partial charge is 0.229 e. The maximum atomic E-state index is 9.18. The van der Waals surface area contributed by atoms with Crippen LogP contribution in [-0.4, -0.2) is 24.2 Å². The minimum absolute atomic E-state index is 0.412. The molecule has 0 atom stereocenters. The van der Waals surface area contributed by atoms with E-state index in [1.54, 1.807) is 32.5 Å². The molecule has 0 radical (unpaired) electrons. The van der Waals surface area contributed by atoms with E-state index in [1.165, 1.54) is 0 Å². The van der Waals surface area contributed by atoms with Gasteiger partial charge in [0, 0.05) is 12.7 Å². The van der Waals surface area contributed by atoms with Crippen molar-refractivity contribution < 1.29 is 9.47 Å². The molecule has 7 nitrogen and oxygen atoms in total. The molecular formula is C20H19N5O2. The lowest BCUT2D eigenvalue weighted by atomic mass is 10.2. The van der Waals surface area contributed by atoms with Crippen LogP contribution < -0.4 is 20.1 Å². The monoisotopic (exact) mass is 361 g/mol. The predicted octanol–water partition coefficient (Wildman–Crippen LogP) is 3.72. The number of benzene rings is 2. The molecule has 3 rings (SSSR count). The van der Waals surface area contributed by atoms with Gasteiger partial charge in [-0.3, -0.25) is 0 Å². The summed E-state index contributed by atoms with van der Waals surface area (Å²) in [5, 5.41) is 15.5. The van der Waals surface area contributed by atoms with Crippen LogP contribution in [0.3, 0.4) is 0 Å². The first-order chi connectivity index (χ1) is 13.2. The second kappa shape index (κ2) is 8.54. The average Bonchev–Trinajstić information content (AvgIpc) is 2.72. The van der Waals surface area contributed by atoms with Gasteiger partial charge in [0.15, 0.2) is 11.5 Å². The van der Waals surface area contributed by atoms with Crippen molar-refractivity contribution in [3.05, 3.63) is 65.9 Å². The molecule has 2 aromatic carbocycles. The molecule has 3 aromatic rings. The number of para-hydroxylation sites is 1. The van der Waals surface area contributed by atoms with E-state index in [2.05, 4.69) is 26.7 Å². The van der Waals surface area contributed by atoms with Crippen LogP contribution in [0.25, 0.3) is 0 Å². The average molecular weight is 361 g/mol. The largest absolute Gasteiger partial charge is 0.493 e. The summed E-state index contributed by atoms with van der Waals surface area (Å²) in [5.74, 6) is 2.44. The maximum Gasteiger partial charge on any atom is 0.229 e. The van der Waals surface area contributed by atoms with Gasteiger partial charge in [-0.15, -0.1) is 0 Å². The highest BCUT2D eigenvalue weighted by molar-refractivity contribution is 5.63. The van der Waals surface area contributed by atoms with Gasteiger partial charge in [0.25, 0.3) is 0 Å². The highest BCUT2D eigenvalue weighted by Crippen LogP contribution is 2.27. The number of ether oxygens (including phenoxy) is 2. The van der Waals surface area contributed by atoms with Crippen molar-refractivity contribution in [2.24, 2.45) is 0 Å². The van der Waals surface area contributed by atoms with Gasteiger partial charge < -0.3 is 20.1 Å². The lowest BCUT2D eigenvalue weighted by molar-refractivity contribution is 0.354. The van der Waals surface area contributed by atoms with Gasteiger partial charge in [-0.05, 0) is 35.9 Å². The van der Waals surface area contributed by atoms with Crippen LogP contribution in [0.1, 0.15) is 11.1 Å². The fraction of sp³-hybridized carbons (Fsp3) is 0.150. The van der Waals surface area contributed by atoms with Crippen molar-refractivity contribution in [3.63, 3.8) is 0 Å². The minimum Gasteiger partial charge on any atom is -0.493 e. The number of hydrogen-bond donors (Lipinski definition) is 2. The van der Waals surface area contributed by atoms with Crippen molar-refractivity contribution in [1.29, 1.82) is 5.26 Å². The third kappa shape index (κ3) is 4.44. The number of rotatable bonds is 7. The summed E-state index contributed by atoms with van der Waals surface area (Å²) in [6.07, 6.45) is 1.65. The van der Waals surface area contributed by atoms with Crippen molar-refractivity contribution in [2.75, 3.05) is 24.9 Å². The van der Waals surface area contributed by atoms with E-state index in [1.807, 2.05) is 36.4 Å². The molecule has 2 N–H and O–H groups in total. The zero-order valence-corrected chi connectivity index (χ0v) is 15.1. The molecule has 136 valence electrons. The number of methoxy groups -OCH3 is 2. The predicted molar refractivity (Wildman–Crippen MR) is 103 cm³/mol. The quantitative estimate of drug-likeness (QED) is 0.662.